The summed E-state index contributed by atoms with van der Waals surface area (Å²) >= 11 is 0. The zero-order valence-corrected chi connectivity index (χ0v) is 11.5. The second-order valence-corrected chi connectivity index (χ2v) is 5.73. The fourth-order valence-electron chi connectivity index (χ4n) is 2.90. The van der Waals surface area contributed by atoms with E-state index in [1.165, 1.54) is 0 Å². The summed E-state index contributed by atoms with van der Waals surface area (Å²) in [6, 6.07) is 0. The summed E-state index contributed by atoms with van der Waals surface area (Å²) in [4.78, 5) is 12.0. The molecule has 2 aliphatic rings. The van der Waals surface area contributed by atoms with E-state index < -0.39 is 0 Å². The smallest absolute Gasteiger partial charge is 0.249 e. The Morgan fingerprint density at radius 2 is 2.06 bits per heavy atom. The summed E-state index contributed by atoms with van der Waals surface area (Å²) in [6.07, 6.45) is 4.15. The maximum Gasteiger partial charge on any atom is 0.249 e. The van der Waals surface area contributed by atoms with Gasteiger partial charge in [-0.25, -0.2) is 0 Å². The number of amides is 1. The van der Waals surface area contributed by atoms with Gasteiger partial charge in [0.25, 0.3) is 0 Å². The van der Waals surface area contributed by atoms with Gasteiger partial charge in [0.05, 0.1) is 6.10 Å². The van der Waals surface area contributed by atoms with E-state index in [-0.39, 0.29) is 18.1 Å². The van der Waals surface area contributed by atoms with Gasteiger partial charge in [-0.1, -0.05) is 13.8 Å². The second kappa shape index (κ2) is 6.53. The highest BCUT2D eigenvalue weighted by Gasteiger charge is 2.31. The van der Waals surface area contributed by atoms with Crippen LogP contribution in [0.4, 0.5) is 0 Å². The Morgan fingerprint density at radius 3 is 2.72 bits per heavy atom. The van der Waals surface area contributed by atoms with E-state index in [1.54, 1.807) is 0 Å². The van der Waals surface area contributed by atoms with Gasteiger partial charge in [-0.05, 0) is 31.6 Å². The van der Waals surface area contributed by atoms with E-state index in [0.717, 1.165) is 45.4 Å². The molecule has 3 atom stereocenters. The first kappa shape index (κ1) is 13.8. The standard InChI is InChI=1S/C14H25NO3/c1-10(2)13-11(6-8-18-13)9-15-14(16)12-5-3-4-7-17-12/h10-13H,3-9H2,1-2H3,(H,15,16)/t11-,12?,13-/m1/s1. The van der Waals surface area contributed by atoms with Crippen LogP contribution in [-0.4, -0.2) is 37.9 Å². The minimum Gasteiger partial charge on any atom is -0.378 e. The van der Waals surface area contributed by atoms with Crippen molar-refractivity contribution < 1.29 is 14.3 Å². The highest BCUT2D eigenvalue weighted by Crippen LogP contribution is 2.26. The molecule has 0 aliphatic carbocycles. The predicted octanol–water partition coefficient (Wildman–Crippen LogP) is 1.73. The molecular weight excluding hydrogens is 230 g/mol. The van der Waals surface area contributed by atoms with Gasteiger partial charge in [-0.3, -0.25) is 4.79 Å². The molecule has 1 unspecified atom stereocenters. The molecule has 0 spiro atoms. The maximum atomic E-state index is 12.0. The maximum absolute atomic E-state index is 12.0. The highest BCUT2D eigenvalue weighted by atomic mass is 16.5. The lowest BCUT2D eigenvalue weighted by Gasteiger charge is -2.25. The van der Waals surface area contributed by atoms with Crippen LogP contribution in [0.5, 0.6) is 0 Å². The van der Waals surface area contributed by atoms with E-state index in [1.807, 2.05) is 0 Å². The van der Waals surface area contributed by atoms with Gasteiger partial charge in [-0.2, -0.15) is 0 Å². The molecule has 0 saturated carbocycles. The molecule has 1 amide bonds. The molecule has 0 aromatic rings. The lowest BCUT2D eigenvalue weighted by molar-refractivity contribution is -0.135. The van der Waals surface area contributed by atoms with Crippen molar-refractivity contribution in [2.24, 2.45) is 11.8 Å². The minimum absolute atomic E-state index is 0.0594. The number of rotatable bonds is 4. The fraction of sp³-hybridized carbons (Fsp3) is 0.929. The molecule has 0 radical (unpaired) electrons. The van der Waals surface area contributed by atoms with Crippen LogP contribution in [0.25, 0.3) is 0 Å². The molecule has 4 heteroatoms. The molecule has 2 rings (SSSR count). The molecule has 2 heterocycles. The van der Waals surface area contributed by atoms with Crippen LogP contribution in [-0.2, 0) is 14.3 Å². The van der Waals surface area contributed by atoms with Crippen LogP contribution in [0.15, 0.2) is 0 Å². The summed E-state index contributed by atoms with van der Waals surface area (Å²) < 4.78 is 11.2. The number of nitrogens with one attached hydrogen (secondary N) is 1. The molecule has 2 saturated heterocycles. The van der Waals surface area contributed by atoms with Gasteiger partial charge in [0.1, 0.15) is 6.10 Å². The molecule has 104 valence electrons. The van der Waals surface area contributed by atoms with Gasteiger partial charge in [0.2, 0.25) is 5.91 Å². The van der Waals surface area contributed by atoms with Crippen LogP contribution in [0, 0.1) is 11.8 Å². The van der Waals surface area contributed by atoms with Gasteiger partial charge >= 0.3 is 0 Å². The first-order chi connectivity index (χ1) is 8.68. The van der Waals surface area contributed by atoms with Crippen LogP contribution in [0.1, 0.15) is 39.5 Å². The van der Waals surface area contributed by atoms with Crippen LogP contribution in [0.2, 0.25) is 0 Å². The van der Waals surface area contributed by atoms with Crippen LogP contribution in [0.3, 0.4) is 0 Å². The zero-order valence-electron chi connectivity index (χ0n) is 11.5. The Bertz CT molecular complexity index is 274. The third-order valence-electron chi connectivity index (χ3n) is 3.93. The Kier molecular flexibility index (Phi) is 5.01. The number of hydrogen-bond acceptors (Lipinski definition) is 3. The lowest BCUT2D eigenvalue weighted by atomic mass is 9.93. The van der Waals surface area contributed by atoms with E-state index in [4.69, 9.17) is 9.47 Å². The van der Waals surface area contributed by atoms with Crippen LogP contribution >= 0.6 is 0 Å². The van der Waals surface area contributed by atoms with Crippen molar-refractivity contribution in [3.63, 3.8) is 0 Å². The fourth-order valence-corrected chi connectivity index (χ4v) is 2.90. The van der Waals surface area contributed by atoms with Gasteiger partial charge in [0.15, 0.2) is 0 Å². The average molecular weight is 255 g/mol. The number of hydrogen-bond donors (Lipinski definition) is 1. The Morgan fingerprint density at radius 1 is 1.22 bits per heavy atom. The Hall–Kier alpha value is -0.610. The second-order valence-electron chi connectivity index (χ2n) is 5.73. The number of carbonyl (C=O) groups is 1. The van der Waals surface area contributed by atoms with Gasteiger partial charge < -0.3 is 14.8 Å². The van der Waals surface area contributed by atoms with E-state index >= 15 is 0 Å². The molecule has 0 aromatic carbocycles. The van der Waals surface area contributed by atoms with Crippen molar-refractivity contribution in [2.75, 3.05) is 19.8 Å². The normalized spacial score (nSPS) is 32.7. The minimum atomic E-state index is -0.224. The van der Waals surface area contributed by atoms with Gasteiger partial charge in [-0.15, -0.1) is 0 Å². The van der Waals surface area contributed by atoms with Crippen molar-refractivity contribution in [3.8, 4) is 0 Å². The monoisotopic (exact) mass is 255 g/mol. The molecule has 1 N–H and O–H groups in total. The molecule has 2 aliphatic heterocycles. The topological polar surface area (TPSA) is 47.6 Å². The summed E-state index contributed by atoms with van der Waals surface area (Å²) in [5.41, 5.74) is 0. The van der Waals surface area contributed by atoms with Gasteiger partial charge in [0, 0.05) is 25.7 Å². The summed E-state index contributed by atoms with van der Waals surface area (Å²) in [5, 5.41) is 3.04. The Labute approximate surface area is 109 Å². The lowest BCUT2D eigenvalue weighted by Crippen LogP contribution is -2.42. The molecule has 0 bridgehead atoms. The average Bonchev–Trinajstić information content (AvgIpc) is 2.85. The zero-order chi connectivity index (χ0) is 13.0. The van der Waals surface area contributed by atoms with Crippen molar-refractivity contribution >= 4 is 5.91 Å². The first-order valence-corrected chi connectivity index (χ1v) is 7.19. The molecule has 4 nitrogen and oxygen atoms in total. The van der Waals surface area contributed by atoms with Crippen LogP contribution < -0.4 is 5.32 Å². The van der Waals surface area contributed by atoms with E-state index in [0.29, 0.717) is 11.8 Å². The van der Waals surface area contributed by atoms with E-state index in [9.17, 15) is 4.79 Å². The molecule has 2 fully saturated rings. The highest BCUT2D eigenvalue weighted by molar-refractivity contribution is 5.80. The summed E-state index contributed by atoms with van der Waals surface area (Å²) in [7, 11) is 0. The number of ether oxygens (including phenoxy) is 2. The van der Waals surface area contributed by atoms with Crippen molar-refractivity contribution in [1.29, 1.82) is 0 Å². The van der Waals surface area contributed by atoms with Crippen molar-refractivity contribution in [3.05, 3.63) is 0 Å². The third kappa shape index (κ3) is 3.45. The number of carbonyl (C=O) groups excluding carboxylic acids is 1. The molecular formula is C14H25NO3. The largest absolute Gasteiger partial charge is 0.378 e. The van der Waals surface area contributed by atoms with Crippen molar-refractivity contribution in [2.45, 2.75) is 51.7 Å². The van der Waals surface area contributed by atoms with E-state index in [2.05, 4.69) is 19.2 Å². The summed E-state index contributed by atoms with van der Waals surface area (Å²) in [6.45, 7) is 6.62. The van der Waals surface area contributed by atoms with Crippen molar-refractivity contribution in [1.82, 2.24) is 5.32 Å². The quantitative estimate of drug-likeness (QED) is 0.832. The summed E-state index contributed by atoms with van der Waals surface area (Å²) in [5.74, 6) is 1.03. The predicted molar refractivity (Wildman–Crippen MR) is 69.3 cm³/mol. The molecule has 18 heavy (non-hydrogen) atoms. The molecule has 0 aromatic heterocycles. The third-order valence-corrected chi connectivity index (χ3v) is 3.93. The Balaban J connectivity index is 1.74. The first-order valence-electron chi connectivity index (χ1n) is 7.19. The SMILES string of the molecule is CC(C)[C@H]1OCC[C@@H]1CNC(=O)C1CCCCO1.